The van der Waals surface area contributed by atoms with Crippen LogP contribution in [-0.4, -0.2) is 61.5 Å². The summed E-state index contributed by atoms with van der Waals surface area (Å²) in [5, 5.41) is 0. The SMILES string of the molecule is CCOC(=O)CN1CCCC(OC(=O)C(C)Oc2ccc(SC)cc2)C1. The molecule has 1 heterocycles. The quantitative estimate of drug-likeness (QED) is 0.507. The van der Waals surface area contributed by atoms with Crippen LogP contribution < -0.4 is 4.74 Å². The van der Waals surface area contributed by atoms with Crippen molar-refractivity contribution in [3.8, 4) is 5.75 Å². The summed E-state index contributed by atoms with van der Waals surface area (Å²) in [6.07, 6.45) is 2.76. The molecule has 0 aromatic heterocycles. The Morgan fingerprint density at radius 1 is 1.31 bits per heavy atom. The largest absolute Gasteiger partial charge is 0.479 e. The highest BCUT2D eigenvalue weighted by Gasteiger charge is 2.27. The van der Waals surface area contributed by atoms with Crippen LogP contribution in [0.25, 0.3) is 0 Å². The summed E-state index contributed by atoms with van der Waals surface area (Å²) in [7, 11) is 0. The van der Waals surface area contributed by atoms with Crippen LogP contribution in [0.5, 0.6) is 5.75 Å². The number of hydrogen-bond donors (Lipinski definition) is 0. The number of hydrogen-bond acceptors (Lipinski definition) is 7. The van der Waals surface area contributed by atoms with Gasteiger partial charge in [-0.25, -0.2) is 4.79 Å². The van der Waals surface area contributed by atoms with Gasteiger partial charge in [0, 0.05) is 11.4 Å². The van der Waals surface area contributed by atoms with E-state index in [4.69, 9.17) is 14.2 Å². The number of benzene rings is 1. The number of rotatable bonds is 8. The van der Waals surface area contributed by atoms with Crippen LogP contribution in [0.2, 0.25) is 0 Å². The Morgan fingerprint density at radius 2 is 2.04 bits per heavy atom. The monoisotopic (exact) mass is 381 g/mol. The molecule has 0 amide bonds. The normalized spacial score (nSPS) is 18.8. The fraction of sp³-hybridized carbons (Fsp3) is 0.579. The standard InChI is InChI=1S/C19H27NO5S/c1-4-23-18(21)13-20-11-5-6-16(12-20)25-19(22)14(2)24-15-7-9-17(26-3)10-8-15/h7-10,14,16H,4-6,11-13H2,1-3H3. The number of piperidine rings is 1. The van der Waals surface area contributed by atoms with Gasteiger partial charge in [0.25, 0.3) is 0 Å². The van der Waals surface area contributed by atoms with Crippen molar-refractivity contribution in [1.29, 1.82) is 0 Å². The molecule has 0 aliphatic carbocycles. The van der Waals surface area contributed by atoms with Crippen LogP contribution in [0, 0.1) is 0 Å². The molecule has 0 saturated carbocycles. The first kappa shape index (κ1) is 20.6. The molecule has 7 heteroatoms. The Morgan fingerprint density at radius 3 is 2.69 bits per heavy atom. The molecule has 144 valence electrons. The van der Waals surface area contributed by atoms with Gasteiger partial charge >= 0.3 is 11.9 Å². The Hall–Kier alpha value is -1.73. The lowest BCUT2D eigenvalue weighted by atomic mass is 10.1. The molecule has 2 rings (SSSR count). The molecular weight excluding hydrogens is 354 g/mol. The van der Waals surface area contributed by atoms with E-state index in [0.29, 0.717) is 18.9 Å². The summed E-state index contributed by atoms with van der Waals surface area (Å²) in [5.41, 5.74) is 0. The van der Waals surface area contributed by atoms with Gasteiger partial charge in [0.15, 0.2) is 6.10 Å². The number of esters is 2. The van der Waals surface area contributed by atoms with Gasteiger partial charge in [-0.15, -0.1) is 11.8 Å². The smallest absolute Gasteiger partial charge is 0.347 e. The second-order valence-electron chi connectivity index (χ2n) is 6.18. The van der Waals surface area contributed by atoms with Gasteiger partial charge in [-0.1, -0.05) is 0 Å². The minimum absolute atomic E-state index is 0.226. The van der Waals surface area contributed by atoms with Crippen molar-refractivity contribution in [3.63, 3.8) is 0 Å². The predicted octanol–water partition coefficient (Wildman–Crippen LogP) is 2.75. The summed E-state index contributed by atoms with van der Waals surface area (Å²) < 4.78 is 16.2. The van der Waals surface area contributed by atoms with Gasteiger partial charge < -0.3 is 14.2 Å². The molecule has 6 nitrogen and oxygen atoms in total. The van der Waals surface area contributed by atoms with E-state index >= 15 is 0 Å². The fourth-order valence-electron chi connectivity index (χ4n) is 2.81. The summed E-state index contributed by atoms with van der Waals surface area (Å²) in [4.78, 5) is 27.0. The molecule has 1 aliphatic rings. The summed E-state index contributed by atoms with van der Waals surface area (Å²) in [6, 6.07) is 7.59. The van der Waals surface area contributed by atoms with E-state index in [-0.39, 0.29) is 24.6 Å². The Kier molecular flexibility index (Phi) is 8.25. The number of carbonyl (C=O) groups excluding carboxylic acids is 2. The molecular formula is C19H27NO5S. The lowest BCUT2D eigenvalue weighted by molar-refractivity contribution is -0.159. The summed E-state index contributed by atoms with van der Waals surface area (Å²) >= 11 is 1.65. The van der Waals surface area contributed by atoms with Gasteiger partial charge in [-0.2, -0.15) is 0 Å². The van der Waals surface area contributed by atoms with Crippen molar-refractivity contribution in [2.75, 3.05) is 32.5 Å². The van der Waals surface area contributed by atoms with Crippen LogP contribution in [0.3, 0.4) is 0 Å². The van der Waals surface area contributed by atoms with Crippen molar-refractivity contribution < 1.29 is 23.8 Å². The molecule has 2 atom stereocenters. The third-order valence-electron chi connectivity index (χ3n) is 4.11. The van der Waals surface area contributed by atoms with Crippen LogP contribution in [-0.2, 0) is 19.1 Å². The van der Waals surface area contributed by atoms with E-state index in [1.165, 1.54) is 0 Å². The molecule has 2 unspecified atom stereocenters. The summed E-state index contributed by atoms with van der Waals surface area (Å²) in [6.45, 7) is 5.42. The number of carbonyl (C=O) groups is 2. The molecule has 0 spiro atoms. The topological polar surface area (TPSA) is 65.1 Å². The highest BCUT2D eigenvalue weighted by molar-refractivity contribution is 7.98. The third-order valence-corrected chi connectivity index (χ3v) is 4.85. The van der Waals surface area contributed by atoms with Gasteiger partial charge in [-0.05, 0) is 63.8 Å². The first-order chi connectivity index (χ1) is 12.5. The maximum atomic E-state index is 12.3. The Labute approximate surface area is 159 Å². The van der Waals surface area contributed by atoms with Crippen molar-refractivity contribution in [3.05, 3.63) is 24.3 Å². The molecule has 1 saturated heterocycles. The lowest BCUT2D eigenvalue weighted by Gasteiger charge is -2.32. The number of likely N-dealkylation sites (tertiary alicyclic amines) is 1. The van der Waals surface area contributed by atoms with Gasteiger partial charge in [0.05, 0.1) is 13.2 Å². The van der Waals surface area contributed by atoms with E-state index in [1.54, 1.807) is 25.6 Å². The van der Waals surface area contributed by atoms with Crippen LogP contribution in [0.1, 0.15) is 26.7 Å². The molecule has 0 radical (unpaired) electrons. The second kappa shape index (κ2) is 10.4. The molecule has 0 N–H and O–H groups in total. The zero-order valence-electron chi connectivity index (χ0n) is 15.6. The molecule has 0 bridgehead atoms. The highest BCUT2D eigenvalue weighted by Crippen LogP contribution is 2.20. The van der Waals surface area contributed by atoms with Crippen molar-refractivity contribution in [2.24, 2.45) is 0 Å². The molecule has 1 aliphatic heterocycles. The minimum atomic E-state index is -0.685. The number of ether oxygens (including phenoxy) is 3. The van der Waals surface area contributed by atoms with E-state index in [2.05, 4.69) is 0 Å². The molecule has 26 heavy (non-hydrogen) atoms. The van der Waals surface area contributed by atoms with Gasteiger partial charge in [0.1, 0.15) is 11.9 Å². The summed E-state index contributed by atoms with van der Waals surface area (Å²) in [5.74, 6) is 0.00614. The zero-order valence-corrected chi connectivity index (χ0v) is 16.4. The van der Waals surface area contributed by atoms with Gasteiger partial charge in [-0.3, -0.25) is 9.69 Å². The lowest BCUT2D eigenvalue weighted by Crippen LogP contribution is -2.44. The Bertz CT molecular complexity index is 592. The number of thioether (sulfide) groups is 1. The highest BCUT2D eigenvalue weighted by atomic mass is 32.2. The average Bonchev–Trinajstić information content (AvgIpc) is 2.62. The van der Waals surface area contributed by atoms with Crippen LogP contribution in [0.4, 0.5) is 0 Å². The van der Waals surface area contributed by atoms with E-state index in [0.717, 1.165) is 24.3 Å². The van der Waals surface area contributed by atoms with Crippen molar-refractivity contribution in [2.45, 2.75) is 43.8 Å². The van der Waals surface area contributed by atoms with Crippen molar-refractivity contribution in [1.82, 2.24) is 4.90 Å². The molecule has 1 aromatic carbocycles. The molecule has 1 fully saturated rings. The third kappa shape index (κ3) is 6.53. The van der Waals surface area contributed by atoms with Crippen LogP contribution >= 0.6 is 11.8 Å². The zero-order chi connectivity index (χ0) is 18.9. The minimum Gasteiger partial charge on any atom is -0.479 e. The average molecular weight is 381 g/mol. The van der Waals surface area contributed by atoms with Gasteiger partial charge in [0.2, 0.25) is 0 Å². The number of nitrogens with zero attached hydrogens (tertiary/aromatic N) is 1. The molecule has 1 aromatic rings. The predicted molar refractivity (Wildman–Crippen MR) is 101 cm³/mol. The van der Waals surface area contributed by atoms with E-state index in [9.17, 15) is 9.59 Å². The Balaban J connectivity index is 1.80. The van der Waals surface area contributed by atoms with Crippen LogP contribution in [0.15, 0.2) is 29.2 Å². The van der Waals surface area contributed by atoms with E-state index in [1.807, 2.05) is 35.4 Å². The fourth-order valence-corrected chi connectivity index (χ4v) is 3.22. The second-order valence-corrected chi connectivity index (χ2v) is 7.06. The van der Waals surface area contributed by atoms with Crippen molar-refractivity contribution >= 4 is 23.7 Å². The maximum Gasteiger partial charge on any atom is 0.347 e. The maximum absolute atomic E-state index is 12.3. The first-order valence-corrected chi connectivity index (χ1v) is 10.1. The van der Waals surface area contributed by atoms with E-state index < -0.39 is 6.10 Å². The first-order valence-electron chi connectivity index (χ1n) is 8.91.